The molecular weight excluding hydrogens is 348 g/mol. The quantitative estimate of drug-likeness (QED) is 0.766. The zero-order chi connectivity index (χ0) is 17.6. The number of pyridine rings is 1. The fourth-order valence-electron chi connectivity index (χ4n) is 1.70. The van der Waals surface area contributed by atoms with E-state index in [1.165, 1.54) is 41.4 Å². The largest absolute Gasteiger partial charge is 0.318 e. The fraction of sp³-hybridized carbons (Fsp3) is 0.133. The lowest BCUT2D eigenvalue weighted by atomic mass is 10.3. The van der Waals surface area contributed by atoms with Gasteiger partial charge in [0.2, 0.25) is 0 Å². The highest BCUT2D eigenvalue weighted by Gasteiger charge is 2.19. The summed E-state index contributed by atoms with van der Waals surface area (Å²) in [5, 5.41) is 9.52. The maximum Gasteiger partial charge on any atom is 0.283 e. The number of anilines is 1. The Morgan fingerprint density at radius 2 is 2.08 bits per heavy atom. The zero-order valence-electron chi connectivity index (χ0n) is 13.1. The van der Waals surface area contributed by atoms with E-state index in [1.54, 1.807) is 23.6 Å². The summed E-state index contributed by atoms with van der Waals surface area (Å²) in [6.07, 6.45) is 4.01. The van der Waals surface area contributed by atoms with Crippen molar-refractivity contribution < 1.29 is 14.6 Å². The summed E-state index contributed by atoms with van der Waals surface area (Å²) in [7, 11) is -3.73. The third-order valence-electron chi connectivity index (χ3n) is 2.75. The number of carbonyl (C=O) groups is 1. The van der Waals surface area contributed by atoms with Crippen LogP contribution >= 0.6 is 11.3 Å². The van der Waals surface area contributed by atoms with Crippen molar-refractivity contribution in [2.24, 2.45) is 0 Å². The lowest BCUT2D eigenvalue weighted by Gasteiger charge is -2.02. The Labute approximate surface area is 145 Å². The molecule has 0 atom stereocenters. The predicted octanol–water partition coefficient (Wildman–Crippen LogP) is 3.10. The molecule has 7 nitrogen and oxygen atoms in total. The number of hydrogen-bond acceptors (Lipinski definition) is 6. The first-order valence-corrected chi connectivity index (χ1v) is 9.50. The van der Waals surface area contributed by atoms with Crippen LogP contribution in [0.15, 0.2) is 58.5 Å². The van der Waals surface area contributed by atoms with Crippen LogP contribution in [0, 0.1) is 0 Å². The third kappa shape index (κ3) is 3.87. The minimum Gasteiger partial charge on any atom is -0.318 e. The molecule has 3 rings (SSSR count). The van der Waals surface area contributed by atoms with E-state index in [4.69, 9.17) is 0 Å². The number of hydrogen-bond donors (Lipinski definition) is 1. The van der Waals surface area contributed by atoms with Crippen LogP contribution in [0.25, 0.3) is 0 Å². The van der Waals surface area contributed by atoms with Gasteiger partial charge >= 0.3 is 0 Å². The Hall–Kier alpha value is -2.52. The average molecular weight is 366 g/mol. The molecule has 0 aliphatic heterocycles. The van der Waals surface area contributed by atoms with Crippen LogP contribution in [0.3, 0.4) is 0 Å². The van der Waals surface area contributed by atoms with Crippen LogP contribution in [0.5, 0.6) is 0 Å². The highest BCUT2D eigenvalue weighted by atomic mass is 32.2. The Morgan fingerprint density at radius 3 is 2.71 bits per heavy atom. The molecule has 3 aromatic rings. The van der Waals surface area contributed by atoms with Crippen molar-refractivity contribution >= 4 is 33.0 Å². The second-order valence-electron chi connectivity index (χ2n) is 4.23. The van der Waals surface area contributed by atoms with E-state index in [1.807, 2.05) is 13.8 Å². The molecule has 24 heavy (non-hydrogen) atoms. The molecule has 0 fully saturated rings. The first-order chi connectivity index (χ1) is 11.6. The molecule has 1 N–H and O–H groups in total. The topological polar surface area (TPSA) is 94.0 Å². The minimum absolute atomic E-state index is 0. The van der Waals surface area contributed by atoms with Gasteiger partial charge in [-0.25, -0.2) is 0 Å². The Balaban J connectivity index is 0.00000101. The summed E-state index contributed by atoms with van der Waals surface area (Å²) in [4.78, 5) is 16.0. The van der Waals surface area contributed by atoms with Crippen LogP contribution in [-0.4, -0.2) is 28.5 Å². The summed E-state index contributed by atoms with van der Waals surface area (Å²) in [5.41, 5.74) is 0.505. The van der Waals surface area contributed by atoms with Gasteiger partial charge in [-0.1, -0.05) is 19.9 Å². The molecule has 0 aliphatic carbocycles. The number of carbonyl (C=O) groups excluding carboxylic acids is 1. The van der Waals surface area contributed by atoms with Gasteiger partial charge in [0.15, 0.2) is 0 Å². The van der Waals surface area contributed by atoms with Gasteiger partial charge in [-0.2, -0.15) is 28.9 Å². The Bertz CT molecular complexity index is 894. The predicted molar refractivity (Wildman–Crippen MR) is 94.8 cm³/mol. The van der Waals surface area contributed by atoms with Gasteiger partial charge in [-0.15, -0.1) is 0 Å². The SMILES string of the molecule is CC.O=C(Nc1cnn(S(=O)(=O)c2ccsc2)c1)c1ccccn1.[HH]. The Morgan fingerprint density at radius 1 is 1.29 bits per heavy atom. The van der Waals surface area contributed by atoms with Crippen LogP contribution in [0.1, 0.15) is 25.8 Å². The fourth-order valence-corrected chi connectivity index (χ4v) is 3.83. The van der Waals surface area contributed by atoms with Gasteiger partial charge in [0.1, 0.15) is 5.69 Å². The van der Waals surface area contributed by atoms with Gasteiger partial charge in [0, 0.05) is 13.0 Å². The molecule has 9 heteroatoms. The third-order valence-corrected chi connectivity index (χ3v) is 5.13. The second-order valence-corrected chi connectivity index (χ2v) is 6.81. The number of nitrogens with one attached hydrogen (secondary N) is 1. The van der Waals surface area contributed by atoms with Crippen molar-refractivity contribution in [3.05, 3.63) is 59.3 Å². The van der Waals surface area contributed by atoms with Crippen LogP contribution < -0.4 is 5.32 Å². The molecule has 0 unspecified atom stereocenters. The van der Waals surface area contributed by atoms with Crippen molar-refractivity contribution in [3.63, 3.8) is 0 Å². The zero-order valence-corrected chi connectivity index (χ0v) is 14.7. The molecule has 128 valence electrons. The molecule has 3 heterocycles. The van der Waals surface area contributed by atoms with E-state index in [-0.39, 0.29) is 17.7 Å². The molecule has 0 aliphatic rings. The van der Waals surface area contributed by atoms with Crippen LogP contribution in [-0.2, 0) is 10.0 Å². The maximum atomic E-state index is 12.2. The molecule has 0 saturated carbocycles. The van der Waals surface area contributed by atoms with Gasteiger partial charge in [-0.05, 0) is 23.6 Å². The average Bonchev–Trinajstić information content (AvgIpc) is 3.30. The first-order valence-electron chi connectivity index (χ1n) is 7.12. The summed E-state index contributed by atoms with van der Waals surface area (Å²) < 4.78 is 25.3. The molecule has 0 aromatic carbocycles. The standard InChI is InChI=1S/C13H10N4O3S2.C2H6.H2/c18-13(12-3-1-2-5-14-12)16-10-7-15-17(8-10)22(19,20)11-4-6-21-9-11;1-2;/h1-9H,(H,16,18);1-2H3;1H. The summed E-state index contributed by atoms with van der Waals surface area (Å²) in [6, 6.07) is 6.43. The van der Waals surface area contributed by atoms with Gasteiger partial charge in [0.25, 0.3) is 15.9 Å². The number of nitrogens with zero attached hydrogens (tertiary/aromatic N) is 3. The van der Waals surface area contributed by atoms with Gasteiger partial charge in [0.05, 0.1) is 23.0 Å². The Kier molecular flexibility index (Phi) is 5.83. The van der Waals surface area contributed by atoms with E-state index in [0.29, 0.717) is 0 Å². The van der Waals surface area contributed by atoms with Crippen LogP contribution in [0.2, 0.25) is 0 Å². The second kappa shape index (κ2) is 7.84. The van der Waals surface area contributed by atoms with E-state index in [2.05, 4.69) is 15.4 Å². The molecule has 0 radical (unpaired) electrons. The van der Waals surface area contributed by atoms with Gasteiger partial charge in [-0.3, -0.25) is 9.78 Å². The van der Waals surface area contributed by atoms with E-state index >= 15 is 0 Å². The normalized spacial score (nSPS) is 10.6. The van der Waals surface area contributed by atoms with E-state index < -0.39 is 15.9 Å². The number of amides is 1. The van der Waals surface area contributed by atoms with Crippen molar-refractivity contribution in [2.75, 3.05) is 5.32 Å². The van der Waals surface area contributed by atoms with Crippen molar-refractivity contribution in [3.8, 4) is 0 Å². The van der Waals surface area contributed by atoms with Crippen molar-refractivity contribution in [1.29, 1.82) is 0 Å². The highest BCUT2D eigenvalue weighted by Crippen LogP contribution is 2.18. The van der Waals surface area contributed by atoms with Gasteiger partial charge < -0.3 is 5.32 Å². The molecular formula is C15H18N4O3S2. The number of rotatable bonds is 4. The van der Waals surface area contributed by atoms with E-state index in [9.17, 15) is 13.2 Å². The lowest BCUT2D eigenvalue weighted by molar-refractivity contribution is 0.102. The summed E-state index contributed by atoms with van der Waals surface area (Å²) in [6.45, 7) is 4.00. The molecule has 0 spiro atoms. The monoisotopic (exact) mass is 366 g/mol. The molecule has 3 aromatic heterocycles. The maximum absolute atomic E-state index is 12.2. The lowest BCUT2D eigenvalue weighted by Crippen LogP contribution is -2.14. The molecule has 1 amide bonds. The highest BCUT2D eigenvalue weighted by molar-refractivity contribution is 7.90. The molecule has 0 saturated heterocycles. The van der Waals surface area contributed by atoms with Crippen molar-refractivity contribution in [2.45, 2.75) is 18.7 Å². The van der Waals surface area contributed by atoms with Crippen LogP contribution in [0.4, 0.5) is 5.69 Å². The summed E-state index contributed by atoms with van der Waals surface area (Å²) >= 11 is 1.28. The smallest absolute Gasteiger partial charge is 0.283 e. The minimum atomic E-state index is -3.73. The first kappa shape index (κ1) is 17.8. The van der Waals surface area contributed by atoms with E-state index in [0.717, 1.165) is 4.09 Å². The summed E-state index contributed by atoms with van der Waals surface area (Å²) in [5.74, 6) is -0.437. The van der Waals surface area contributed by atoms with Crippen molar-refractivity contribution in [1.82, 2.24) is 14.2 Å². The molecule has 0 bridgehead atoms. The number of aromatic nitrogens is 3. The number of thiophene rings is 1.